The molecule has 11 heteroatoms. The van der Waals surface area contributed by atoms with Gasteiger partial charge >= 0.3 is 0 Å². The molecule has 6 aromatic rings. The lowest BCUT2D eigenvalue weighted by molar-refractivity contribution is 0.0386. The van der Waals surface area contributed by atoms with Gasteiger partial charge in [0.2, 0.25) is 0 Å². The van der Waals surface area contributed by atoms with E-state index in [-0.39, 0.29) is 28.6 Å². The van der Waals surface area contributed by atoms with Crippen LogP contribution in [0.3, 0.4) is 0 Å². The SMILES string of the molecule is CN1CC(Oc2ccc(Nc3cc(-c4cc(F)cc(-n5ccn6c(cc7ccccc76)c5=O)c4CO)cn(C)c3=O)nc2)C1. The number of likely N-dealkylation sites (N-methyl/N-ethyl adjacent to an activating group) is 1. The number of rotatable bonds is 7. The van der Waals surface area contributed by atoms with Gasteiger partial charge in [-0.3, -0.25) is 19.1 Å². The first kappa shape index (κ1) is 27.6. The van der Waals surface area contributed by atoms with Crippen molar-refractivity contribution >= 4 is 27.9 Å². The van der Waals surface area contributed by atoms with E-state index in [0.717, 1.165) is 24.0 Å². The van der Waals surface area contributed by atoms with E-state index in [1.165, 1.54) is 21.3 Å². The Morgan fingerprint density at radius 2 is 1.82 bits per heavy atom. The molecule has 2 N–H and O–H groups in total. The molecule has 4 aromatic heterocycles. The lowest BCUT2D eigenvalue weighted by Gasteiger charge is -2.35. The predicted octanol–water partition coefficient (Wildman–Crippen LogP) is 4.07. The Labute approximate surface area is 250 Å². The van der Waals surface area contributed by atoms with Crippen molar-refractivity contribution in [2.24, 2.45) is 7.05 Å². The minimum Gasteiger partial charge on any atom is -0.486 e. The number of halogens is 1. The van der Waals surface area contributed by atoms with E-state index in [1.807, 2.05) is 31.3 Å². The molecule has 7 rings (SSSR count). The number of nitrogens with zero attached hydrogens (tertiary/aromatic N) is 5. The van der Waals surface area contributed by atoms with Gasteiger partial charge in [0.15, 0.2) is 0 Å². The van der Waals surface area contributed by atoms with Gasteiger partial charge in [-0.2, -0.15) is 0 Å². The number of hydrogen-bond acceptors (Lipinski definition) is 7. The maximum absolute atomic E-state index is 15.2. The summed E-state index contributed by atoms with van der Waals surface area (Å²) >= 11 is 0. The molecule has 0 bridgehead atoms. The van der Waals surface area contributed by atoms with Crippen LogP contribution in [0.5, 0.6) is 5.75 Å². The molecule has 0 atom stereocenters. The number of aryl methyl sites for hydroxylation is 1. The summed E-state index contributed by atoms with van der Waals surface area (Å²) in [5.41, 5.74) is 2.17. The van der Waals surface area contributed by atoms with Crippen LogP contribution < -0.4 is 21.2 Å². The zero-order valence-corrected chi connectivity index (χ0v) is 24.1. The number of pyridine rings is 2. The summed E-state index contributed by atoms with van der Waals surface area (Å²) in [6.07, 6.45) is 6.60. The van der Waals surface area contributed by atoms with Gasteiger partial charge in [0.25, 0.3) is 11.1 Å². The summed E-state index contributed by atoms with van der Waals surface area (Å²) in [6.45, 7) is 1.23. The van der Waals surface area contributed by atoms with Gasteiger partial charge in [-0.05, 0) is 55.1 Å². The van der Waals surface area contributed by atoms with E-state index in [0.29, 0.717) is 33.8 Å². The standard InChI is InChI=1S/C33H29FN6O4/c1-37-17-24(18-37)44-23-7-8-31(35-15-23)36-27-11-21(16-38(2)32(27)42)25-13-22(34)14-29(26(25)19-41)40-10-9-39-28-6-4-3-5-20(28)12-30(39)33(40)43/h3-16,24,41H,17-19H2,1-2H3,(H,35,36). The minimum atomic E-state index is -0.599. The summed E-state index contributed by atoms with van der Waals surface area (Å²) < 4.78 is 25.6. The number of aliphatic hydroxyl groups excluding tert-OH is 1. The molecule has 1 fully saturated rings. The fraction of sp³-hybridized carbons (Fsp3) is 0.182. The average Bonchev–Trinajstić information content (AvgIpc) is 3.39. The van der Waals surface area contributed by atoms with Crippen LogP contribution in [0.1, 0.15) is 5.56 Å². The molecule has 222 valence electrons. The number of aromatic nitrogens is 4. The van der Waals surface area contributed by atoms with Gasteiger partial charge in [0.05, 0.1) is 24.0 Å². The van der Waals surface area contributed by atoms with Crippen molar-refractivity contribution in [2.45, 2.75) is 12.7 Å². The third-order valence-corrected chi connectivity index (χ3v) is 7.99. The van der Waals surface area contributed by atoms with Crippen LogP contribution in [0.4, 0.5) is 15.9 Å². The molecule has 2 aromatic carbocycles. The molecule has 1 aliphatic heterocycles. The van der Waals surface area contributed by atoms with Gasteiger partial charge in [-0.1, -0.05) is 18.2 Å². The summed E-state index contributed by atoms with van der Waals surface area (Å²) in [5, 5.41) is 14.5. The molecule has 0 unspecified atom stereocenters. The monoisotopic (exact) mass is 592 g/mol. The Kier molecular flexibility index (Phi) is 6.75. The largest absolute Gasteiger partial charge is 0.486 e. The maximum atomic E-state index is 15.2. The highest BCUT2D eigenvalue weighted by Crippen LogP contribution is 2.31. The maximum Gasteiger partial charge on any atom is 0.279 e. The third-order valence-electron chi connectivity index (χ3n) is 7.99. The lowest BCUT2D eigenvalue weighted by atomic mass is 9.98. The van der Waals surface area contributed by atoms with Crippen LogP contribution in [0.2, 0.25) is 0 Å². The number of aliphatic hydroxyl groups is 1. The number of likely N-dealkylation sites (tertiary alicyclic amines) is 1. The number of ether oxygens (including phenoxy) is 1. The van der Waals surface area contributed by atoms with E-state index >= 15 is 4.39 Å². The number of anilines is 2. The fourth-order valence-electron chi connectivity index (χ4n) is 5.80. The Hall–Kier alpha value is -5.26. The van der Waals surface area contributed by atoms with E-state index < -0.39 is 12.4 Å². The van der Waals surface area contributed by atoms with Crippen LogP contribution in [-0.2, 0) is 13.7 Å². The van der Waals surface area contributed by atoms with Gasteiger partial charge in [-0.15, -0.1) is 0 Å². The van der Waals surface area contributed by atoms with Gasteiger partial charge in [0.1, 0.15) is 34.7 Å². The van der Waals surface area contributed by atoms with Crippen LogP contribution >= 0.6 is 0 Å². The molecule has 0 saturated carbocycles. The molecule has 44 heavy (non-hydrogen) atoms. The predicted molar refractivity (Wildman–Crippen MR) is 166 cm³/mol. The topological polar surface area (TPSA) is 106 Å². The molecule has 0 radical (unpaired) electrons. The third kappa shape index (κ3) is 4.81. The Bertz CT molecular complexity index is 2160. The number of fused-ring (bicyclic) bond motifs is 3. The normalized spacial score (nSPS) is 13.8. The van der Waals surface area contributed by atoms with Gasteiger partial charge in [-0.25, -0.2) is 9.37 Å². The van der Waals surface area contributed by atoms with Crippen LogP contribution in [-0.4, -0.2) is 54.8 Å². The molecule has 1 aliphatic rings. The van der Waals surface area contributed by atoms with Crippen molar-refractivity contribution in [3.05, 3.63) is 118 Å². The molecule has 1 saturated heterocycles. The second-order valence-electron chi connectivity index (χ2n) is 11.1. The molecule has 10 nitrogen and oxygen atoms in total. The van der Waals surface area contributed by atoms with Crippen LogP contribution in [0.15, 0.2) is 95.0 Å². The molecule has 5 heterocycles. The first-order valence-corrected chi connectivity index (χ1v) is 14.1. The summed E-state index contributed by atoms with van der Waals surface area (Å²) in [7, 11) is 3.61. The Morgan fingerprint density at radius 3 is 2.57 bits per heavy atom. The first-order valence-electron chi connectivity index (χ1n) is 14.1. The molecular weight excluding hydrogens is 563 g/mol. The highest BCUT2D eigenvalue weighted by molar-refractivity contribution is 5.87. The summed E-state index contributed by atoms with van der Waals surface area (Å²) in [5.74, 6) is 0.466. The van der Waals surface area contributed by atoms with Crippen molar-refractivity contribution in [1.29, 1.82) is 0 Å². The van der Waals surface area contributed by atoms with E-state index in [1.54, 1.807) is 60.5 Å². The first-order chi connectivity index (χ1) is 21.3. The van der Waals surface area contributed by atoms with Gasteiger partial charge in [0, 0.05) is 55.2 Å². The number of nitrogens with one attached hydrogen (secondary N) is 1. The van der Waals surface area contributed by atoms with Crippen molar-refractivity contribution < 1.29 is 14.2 Å². The number of para-hydroxylation sites is 1. The van der Waals surface area contributed by atoms with Gasteiger partial charge < -0.3 is 24.1 Å². The number of benzene rings is 2. The summed E-state index contributed by atoms with van der Waals surface area (Å²) in [6, 6.07) is 17.0. The molecule has 0 spiro atoms. The second-order valence-corrected chi connectivity index (χ2v) is 11.1. The quantitative estimate of drug-likeness (QED) is 0.288. The lowest BCUT2D eigenvalue weighted by Crippen LogP contribution is -2.51. The second kappa shape index (κ2) is 10.8. The molecule has 0 amide bonds. The highest BCUT2D eigenvalue weighted by Gasteiger charge is 2.25. The number of hydrogen-bond donors (Lipinski definition) is 2. The molecular formula is C33H29FN6O4. The smallest absolute Gasteiger partial charge is 0.279 e. The van der Waals surface area contributed by atoms with E-state index in [4.69, 9.17) is 4.74 Å². The van der Waals surface area contributed by atoms with Crippen LogP contribution in [0, 0.1) is 5.82 Å². The van der Waals surface area contributed by atoms with Crippen molar-refractivity contribution in [2.75, 3.05) is 25.5 Å². The van der Waals surface area contributed by atoms with E-state index in [9.17, 15) is 14.7 Å². The fourth-order valence-corrected chi connectivity index (χ4v) is 5.80. The average molecular weight is 593 g/mol. The zero-order valence-electron chi connectivity index (χ0n) is 24.1. The van der Waals surface area contributed by atoms with E-state index in [2.05, 4.69) is 15.2 Å². The van der Waals surface area contributed by atoms with Crippen molar-refractivity contribution in [3.8, 4) is 22.6 Å². The van der Waals surface area contributed by atoms with Crippen molar-refractivity contribution in [1.82, 2.24) is 23.4 Å². The minimum absolute atomic E-state index is 0.127. The Morgan fingerprint density at radius 1 is 1.00 bits per heavy atom. The van der Waals surface area contributed by atoms with Crippen LogP contribution in [0.25, 0.3) is 33.2 Å². The summed E-state index contributed by atoms with van der Waals surface area (Å²) in [4.78, 5) is 33.3. The van der Waals surface area contributed by atoms with Crippen molar-refractivity contribution in [3.63, 3.8) is 0 Å². The Balaban J connectivity index is 1.27. The molecule has 0 aliphatic carbocycles. The highest BCUT2D eigenvalue weighted by atomic mass is 19.1. The zero-order chi connectivity index (χ0) is 30.5.